The Labute approximate surface area is 102 Å². The summed E-state index contributed by atoms with van der Waals surface area (Å²) in [5.74, 6) is 0.894. The maximum absolute atomic E-state index is 5.86. The first-order valence-corrected chi connectivity index (χ1v) is 5.79. The van der Waals surface area contributed by atoms with Gasteiger partial charge in [-0.2, -0.15) is 0 Å². The lowest BCUT2D eigenvalue weighted by molar-refractivity contribution is 0.340. The van der Waals surface area contributed by atoms with Crippen molar-refractivity contribution in [3.8, 4) is 16.9 Å². The number of hydrogen-bond donors (Lipinski definition) is 1. The summed E-state index contributed by atoms with van der Waals surface area (Å²) in [7, 11) is 0. The summed E-state index contributed by atoms with van der Waals surface area (Å²) in [6.07, 6.45) is 0. The molecule has 2 nitrogen and oxygen atoms in total. The Hall–Kier alpha value is -1.96. The van der Waals surface area contributed by atoms with E-state index < -0.39 is 0 Å². The van der Waals surface area contributed by atoms with Crippen molar-refractivity contribution in [3.05, 3.63) is 48.0 Å². The molecule has 0 aliphatic heterocycles. The second kappa shape index (κ2) is 4.91. The molecule has 0 heterocycles. The highest BCUT2D eigenvalue weighted by molar-refractivity contribution is 5.69. The lowest BCUT2D eigenvalue weighted by atomic mass is 10.0. The predicted molar refractivity (Wildman–Crippen MR) is 72.2 cm³/mol. The molecule has 0 unspecified atom stereocenters. The van der Waals surface area contributed by atoms with Gasteiger partial charge in [-0.1, -0.05) is 18.2 Å². The van der Waals surface area contributed by atoms with Gasteiger partial charge in [0.05, 0.1) is 6.61 Å². The van der Waals surface area contributed by atoms with Crippen LogP contribution in [0, 0.1) is 6.92 Å². The van der Waals surface area contributed by atoms with Crippen molar-refractivity contribution in [1.29, 1.82) is 0 Å². The molecule has 88 valence electrons. The molecule has 0 saturated heterocycles. The fourth-order valence-corrected chi connectivity index (χ4v) is 1.91. The van der Waals surface area contributed by atoms with E-state index in [0.29, 0.717) is 6.61 Å². The van der Waals surface area contributed by atoms with Crippen LogP contribution in [-0.4, -0.2) is 6.61 Å². The molecule has 0 bridgehead atoms. The van der Waals surface area contributed by atoms with Gasteiger partial charge in [0, 0.05) is 5.69 Å². The Kier molecular flexibility index (Phi) is 3.33. The van der Waals surface area contributed by atoms with E-state index in [4.69, 9.17) is 10.5 Å². The third-order valence-electron chi connectivity index (χ3n) is 2.58. The van der Waals surface area contributed by atoms with Crippen molar-refractivity contribution in [3.63, 3.8) is 0 Å². The number of aryl methyl sites for hydroxylation is 1. The zero-order chi connectivity index (χ0) is 12.3. The molecular formula is C15H17NO. The van der Waals surface area contributed by atoms with Crippen LogP contribution < -0.4 is 10.5 Å². The molecule has 0 saturated carbocycles. The van der Waals surface area contributed by atoms with Gasteiger partial charge in [0.2, 0.25) is 0 Å². The molecule has 0 spiro atoms. The molecule has 0 radical (unpaired) electrons. The molecular weight excluding hydrogens is 210 g/mol. The van der Waals surface area contributed by atoms with Gasteiger partial charge in [0.15, 0.2) is 0 Å². The Balaban J connectivity index is 2.41. The summed E-state index contributed by atoms with van der Waals surface area (Å²) < 4.78 is 5.50. The smallest absolute Gasteiger partial charge is 0.119 e. The Morgan fingerprint density at radius 1 is 1.06 bits per heavy atom. The van der Waals surface area contributed by atoms with E-state index in [1.54, 1.807) is 0 Å². The van der Waals surface area contributed by atoms with E-state index in [0.717, 1.165) is 22.6 Å². The van der Waals surface area contributed by atoms with Crippen molar-refractivity contribution in [2.24, 2.45) is 0 Å². The average molecular weight is 227 g/mol. The minimum absolute atomic E-state index is 0.680. The molecule has 17 heavy (non-hydrogen) atoms. The average Bonchev–Trinajstić information content (AvgIpc) is 2.28. The summed E-state index contributed by atoms with van der Waals surface area (Å²) in [6, 6.07) is 14.1. The van der Waals surface area contributed by atoms with Gasteiger partial charge >= 0.3 is 0 Å². The highest BCUT2D eigenvalue weighted by Gasteiger charge is 2.01. The summed E-state index contributed by atoms with van der Waals surface area (Å²) in [5.41, 5.74) is 10.1. The number of rotatable bonds is 3. The molecule has 2 heteroatoms. The van der Waals surface area contributed by atoms with Gasteiger partial charge in [-0.25, -0.2) is 0 Å². The van der Waals surface area contributed by atoms with Crippen LogP contribution in [0.1, 0.15) is 12.5 Å². The highest BCUT2D eigenvalue weighted by atomic mass is 16.5. The first-order valence-electron chi connectivity index (χ1n) is 5.79. The van der Waals surface area contributed by atoms with Crippen LogP contribution in [0.5, 0.6) is 5.75 Å². The Morgan fingerprint density at radius 2 is 1.88 bits per heavy atom. The number of anilines is 1. The zero-order valence-electron chi connectivity index (χ0n) is 10.2. The van der Waals surface area contributed by atoms with Crippen LogP contribution in [0.25, 0.3) is 11.1 Å². The third-order valence-corrected chi connectivity index (χ3v) is 2.58. The van der Waals surface area contributed by atoms with Gasteiger partial charge in [0.25, 0.3) is 0 Å². The van der Waals surface area contributed by atoms with Crippen LogP contribution >= 0.6 is 0 Å². The van der Waals surface area contributed by atoms with E-state index >= 15 is 0 Å². The van der Waals surface area contributed by atoms with Crippen molar-refractivity contribution < 1.29 is 4.74 Å². The number of hydrogen-bond acceptors (Lipinski definition) is 2. The quantitative estimate of drug-likeness (QED) is 0.812. The first kappa shape index (κ1) is 11.5. The summed E-state index contributed by atoms with van der Waals surface area (Å²) in [4.78, 5) is 0. The van der Waals surface area contributed by atoms with Gasteiger partial charge in [-0.15, -0.1) is 0 Å². The lowest BCUT2D eigenvalue weighted by Crippen LogP contribution is -1.92. The first-order chi connectivity index (χ1) is 8.19. The van der Waals surface area contributed by atoms with Crippen molar-refractivity contribution >= 4 is 5.69 Å². The fraction of sp³-hybridized carbons (Fsp3) is 0.200. The highest BCUT2D eigenvalue weighted by Crippen LogP contribution is 2.26. The topological polar surface area (TPSA) is 35.2 Å². The summed E-state index contributed by atoms with van der Waals surface area (Å²) in [5, 5.41) is 0. The van der Waals surface area contributed by atoms with Crippen LogP contribution in [0.2, 0.25) is 0 Å². The molecule has 0 atom stereocenters. The predicted octanol–water partition coefficient (Wildman–Crippen LogP) is 3.64. The number of nitrogen functional groups attached to an aromatic ring is 1. The van der Waals surface area contributed by atoms with E-state index in [1.165, 1.54) is 5.56 Å². The van der Waals surface area contributed by atoms with Crippen molar-refractivity contribution in [2.75, 3.05) is 12.3 Å². The molecule has 0 fully saturated rings. The SMILES string of the molecule is CCOc1cccc(-c2cc(C)cc(N)c2)c1. The van der Waals surface area contributed by atoms with Gasteiger partial charge in [0.1, 0.15) is 5.75 Å². The molecule has 2 aromatic carbocycles. The third kappa shape index (κ3) is 2.78. The molecule has 2 N–H and O–H groups in total. The normalized spacial score (nSPS) is 10.2. The molecule has 0 amide bonds. The fourth-order valence-electron chi connectivity index (χ4n) is 1.91. The van der Waals surface area contributed by atoms with Crippen LogP contribution in [0.4, 0.5) is 5.69 Å². The van der Waals surface area contributed by atoms with E-state index in [2.05, 4.69) is 12.1 Å². The molecule has 0 aliphatic carbocycles. The largest absolute Gasteiger partial charge is 0.494 e. The van der Waals surface area contributed by atoms with Crippen molar-refractivity contribution in [1.82, 2.24) is 0 Å². The van der Waals surface area contributed by atoms with Gasteiger partial charge < -0.3 is 10.5 Å². The van der Waals surface area contributed by atoms with Crippen LogP contribution in [-0.2, 0) is 0 Å². The number of nitrogens with two attached hydrogens (primary N) is 1. The number of ether oxygens (including phenoxy) is 1. The van der Waals surface area contributed by atoms with Crippen LogP contribution in [0.15, 0.2) is 42.5 Å². The molecule has 0 aromatic heterocycles. The summed E-state index contributed by atoms with van der Waals surface area (Å²) in [6.45, 7) is 4.71. The number of benzene rings is 2. The van der Waals surface area contributed by atoms with E-state index in [9.17, 15) is 0 Å². The van der Waals surface area contributed by atoms with Gasteiger partial charge in [-0.3, -0.25) is 0 Å². The minimum Gasteiger partial charge on any atom is -0.494 e. The van der Waals surface area contributed by atoms with Crippen molar-refractivity contribution in [2.45, 2.75) is 13.8 Å². The van der Waals surface area contributed by atoms with E-state index in [-0.39, 0.29) is 0 Å². The standard InChI is InChI=1S/C15H17NO/c1-3-17-15-6-4-5-12(10-15)13-7-11(2)8-14(16)9-13/h4-10H,3,16H2,1-2H3. The summed E-state index contributed by atoms with van der Waals surface area (Å²) >= 11 is 0. The second-order valence-electron chi connectivity index (χ2n) is 4.09. The maximum atomic E-state index is 5.86. The molecule has 2 aromatic rings. The van der Waals surface area contributed by atoms with E-state index in [1.807, 2.05) is 44.2 Å². The second-order valence-corrected chi connectivity index (χ2v) is 4.09. The Bertz CT molecular complexity index is 500. The zero-order valence-corrected chi connectivity index (χ0v) is 10.2. The molecule has 2 rings (SSSR count). The molecule has 0 aliphatic rings. The Morgan fingerprint density at radius 3 is 2.59 bits per heavy atom. The van der Waals surface area contributed by atoms with Gasteiger partial charge in [-0.05, 0) is 54.8 Å². The monoisotopic (exact) mass is 227 g/mol. The maximum Gasteiger partial charge on any atom is 0.119 e. The van der Waals surface area contributed by atoms with Crippen LogP contribution in [0.3, 0.4) is 0 Å². The lowest BCUT2D eigenvalue weighted by Gasteiger charge is -2.08. The minimum atomic E-state index is 0.680.